The molecule has 10 nitrogen and oxygen atoms in total. The first-order valence-electron chi connectivity index (χ1n) is 12.5. The first kappa shape index (κ1) is 29.3. The van der Waals surface area contributed by atoms with E-state index >= 15 is 0 Å². The topological polar surface area (TPSA) is 131 Å². The molecular formula is C28H31N3O7S2. The van der Waals surface area contributed by atoms with E-state index in [0.29, 0.717) is 11.3 Å². The van der Waals surface area contributed by atoms with Gasteiger partial charge in [0.25, 0.3) is 15.9 Å². The van der Waals surface area contributed by atoms with E-state index in [0.717, 1.165) is 0 Å². The lowest BCUT2D eigenvalue weighted by Crippen LogP contribution is -2.35. The Morgan fingerprint density at radius 1 is 1.00 bits per heavy atom. The van der Waals surface area contributed by atoms with E-state index < -0.39 is 22.7 Å². The standard InChI is InChI=1S/C28H31N3O7S2/c1-19(2)15-31(40(34,35)22-9-5-4-6-10-22)27-25(38-24-12-8-7-11-23(24)36-3)28(37-17-21(33)16-32)30-26(29-27)20-13-14-39-18-20/h4-14,18-19,21,32-33H,15-17H2,1-3H3/t21-/m1/s1. The van der Waals surface area contributed by atoms with Gasteiger partial charge in [0.15, 0.2) is 23.1 Å². The fourth-order valence-electron chi connectivity index (χ4n) is 3.69. The largest absolute Gasteiger partial charge is 0.493 e. The van der Waals surface area contributed by atoms with Gasteiger partial charge in [0.05, 0.1) is 18.6 Å². The predicted octanol–water partition coefficient (Wildman–Crippen LogP) is 4.59. The number of benzene rings is 2. The number of hydrogen-bond acceptors (Lipinski definition) is 10. The van der Waals surface area contributed by atoms with Crippen LogP contribution in [0.5, 0.6) is 23.1 Å². The number of hydrogen-bond donors (Lipinski definition) is 2. The SMILES string of the molecule is COc1ccccc1Oc1c(OC[C@H](O)CO)nc(-c2ccsc2)nc1N(CC(C)C)S(=O)(=O)c1ccccc1. The van der Waals surface area contributed by atoms with Crippen LogP contribution in [-0.2, 0) is 10.0 Å². The molecule has 0 fully saturated rings. The molecule has 0 bridgehead atoms. The number of para-hydroxylation sites is 2. The lowest BCUT2D eigenvalue weighted by molar-refractivity contribution is 0.0513. The van der Waals surface area contributed by atoms with E-state index in [9.17, 15) is 18.6 Å². The number of anilines is 1. The number of thiophene rings is 1. The Morgan fingerprint density at radius 3 is 2.33 bits per heavy atom. The molecule has 0 amide bonds. The molecule has 2 heterocycles. The second kappa shape index (κ2) is 13.1. The summed E-state index contributed by atoms with van der Waals surface area (Å²) in [6, 6.07) is 16.7. The highest BCUT2D eigenvalue weighted by Gasteiger charge is 2.33. The average Bonchev–Trinajstić information content (AvgIpc) is 3.51. The molecular weight excluding hydrogens is 554 g/mol. The van der Waals surface area contributed by atoms with Crippen LogP contribution in [0.1, 0.15) is 13.8 Å². The molecule has 0 unspecified atom stereocenters. The summed E-state index contributed by atoms with van der Waals surface area (Å²) in [4.78, 5) is 9.32. The normalized spacial score (nSPS) is 12.2. The van der Waals surface area contributed by atoms with Crippen molar-refractivity contribution in [1.29, 1.82) is 0 Å². The summed E-state index contributed by atoms with van der Waals surface area (Å²) < 4.78 is 46.9. The zero-order valence-electron chi connectivity index (χ0n) is 22.3. The van der Waals surface area contributed by atoms with Gasteiger partial charge >= 0.3 is 0 Å². The Hall–Kier alpha value is -3.71. The number of nitrogens with zero attached hydrogens (tertiary/aromatic N) is 3. The number of aliphatic hydroxyl groups is 2. The van der Waals surface area contributed by atoms with Gasteiger partial charge in [-0.2, -0.15) is 16.3 Å². The van der Waals surface area contributed by atoms with E-state index in [1.807, 2.05) is 24.6 Å². The molecule has 2 aromatic carbocycles. The van der Waals surface area contributed by atoms with Gasteiger partial charge in [-0.1, -0.05) is 44.2 Å². The van der Waals surface area contributed by atoms with Crippen molar-refractivity contribution in [3.8, 4) is 34.5 Å². The summed E-state index contributed by atoms with van der Waals surface area (Å²) in [5, 5.41) is 23.1. The van der Waals surface area contributed by atoms with E-state index in [2.05, 4.69) is 4.98 Å². The third kappa shape index (κ3) is 6.70. The monoisotopic (exact) mass is 585 g/mol. The Balaban J connectivity index is 2.00. The van der Waals surface area contributed by atoms with Crippen molar-refractivity contribution >= 4 is 27.2 Å². The highest BCUT2D eigenvalue weighted by molar-refractivity contribution is 7.92. The van der Waals surface area contributed by atoms with Crippen LogP contribution in [0.4, 0.5) is 5.82 Å². The summed E-state index contributed by atoms with van der Waals surface area (Å²) >= 11 is 1.43. The molecule has 0 radical (unpaired) electrons. The molecule has 1 atom stereocenters. The first-order valence-corrected chi connectivity index (χ1v) is 14.9. The second-order valence-corrected chi connectivity index (χ2v) is 11.8. The third-order valence-electron chi connectivity index (χ3n) is 5.60. The quantitative estimate of drug-likeness (QED) is 0.231. The van der Waals surface area contributed by atoms with Crippen LogP contribution in [0.2, 0.25) is 0 Å². The highest BCUT2D eigenvalue weighted by Crippen LogP contribution is 2.44. The van der Waals surface area contributed by atoms with Crippen molar-refractivity contribution in [3.05, 3.63) is 71.4 Å². The first-order chi connectivity index (χ1) is 19.2. The molecule has 12 heteroatoms. The lowest BCUT2D eigenvalue weighted by atomic mass is 10.2. The number of ether oxygens (including phenoxy) is 3. The van der Waals surface area contributed by atoms with Crippen LogP contribution in [0.3, 0.4) is 0 Å². The van der Waals surface area contributed by atoms with Gasteiger partial charge < -0.3 is 24.4 Å². The van der Waals surface area contributed by atoms with Crippen LogP contribution < -0.4 is 18.5 Å². The fraction of sp³-hybridized carbons (Fsp3) is 0.286. The highest BCUT2D eigenvalue weighted by atomic mass is 32.2. The van der Waals surface area contributed by atoms with E-state index in [1.54, 1.807) is 48.5 Å². The van der Waals surface area contributed by atoms with Crippen LogP contribution in [0.25, 0.3) is 11.4 Å². The maximum absolute atomic E-state index is 14.1. The number of methoxy groups -OCH3 is 1. The van der Waals surface area contributed by atoms with Crippen LogP contribution in [-0.4, -0.2) is 61.6 Å². The summed E-state index contributed by atoms with van der Waals surface area (Å²) in [6.07, 6.45) is -1.21. The molecule has 0 aliphatic rings. The molecule has 2 aromatic heterocycles. The molecule has 2 N–H and O–H groups in total. The number of aliphatic hydroxyl groups excluding tert-OH is 2. The molecule has 0 spiro atoms. The lowest BCUT2D eigenvalue weighted by Gasteiger charge is -2.28. The van der Waals surface area contributed by atoms with Crippen molar-refractivity contribution < 1.29 is 32.8 Å². The van der Waals surface area contributed by atoms with Crippen molar-refractivity contribution in [2.24, 2.45) is 5.92 Å². The Kier molecular flexibility index (Phi) is 9.58. The van der Waals surface area contributed by atoms with Crippen LogP contribution >= 0.6 is 11.3 Å². The van der Waals surface area contributed by atoms with Gasteiger partial charge in [0, 0.05) is 17.5 Å². The molecule has 40 heavy (non-hydrogen) atoms. The smallest absolute Gasteiger partial charge is 0.265 e. The summed E-state index contributed by atoms with van der Waals surface area (Å²) in [6.45, 7) is 2.99. The Labute approximate surface area is 237 Å². The molecule has 0 saturated carbocycles. The van der Waals surface area contributed by atoms with Gasteiger partial charge in [-0.3, -0.25) is 0 Å². The molecule has 4 rings (SSSR count). The van der Waals surface area contributed by atoms with Gasteiger partial charge in [-0.25, -0.2) is 17.7 Å². The second-order valence-electron chi connectivity index (χ2n) is 9.16. The number of rotatable bonds is 13. The minimum atomic E-state index is -4.13. The average molecular weight is 586 g/mol. The van der Waals surface area contributed by atoms with E-state index in [1.165, 1.54) is 34.9 Å². The van der Waals surface area contributed by atoms with Gasteiger partial charge in [-0.05, 0) is 41.6 Å². The molecule has 0 aliphatic heterocycles. The molecule has 0 saturated heterocycles. The summed E-state index contributed by atoms with van der Waals surface area (Å²) in [5.74, 6) is 0.515. The van der Waals surface area contributed by atoms with E-state index in [4.69, 9.17) is 19.2 Å². The van der Waals surface area contributed by atoms with Crippen molar-refractivity contribution in [2.75, 3.05) is 31.2 Å². The maximum Gasteiger partial charge on any atom is 0.265 e. The molecule has 0 aliphatic carbocycles. The minimum absolute atomic E-state index is 0.0480. The third-order valence-corrected chi connectivity index (χ3v) is 8.05. The number of aromatic nitrogens is 2. The number of sulfonamides is 1. The van der Waals surface area contributed by atoms with Crippen LogP contribution in [0.15, 0.2) is 76.3 Å². The van der Waals surface area contributed by atoms with Gasteiger partial charge in [-0.15, -0.1) is 0 Å². The van der Waals surface area contributed by atoms with Crippen molar-refractivity contribution in [3.63, 3.8) is 0 Å². The van der Waals surface area contributed by atoms with E-state index in [-0.39, 0.29) is 53.0 Å². The summed E-state index contributed by atoms with van der Waals surface area (Å²) in [7, 11) is -2.64. The van der Waals surface area contributed by atoms with Gasteiger partial charge in [0.1, 0.15) is 12.7 Å². The maximum atomic E-state index is 14.1. The summed E-state index contributed by atoms with van der Waals surface area (Å²) in [5.41, 5.74) is 0.643. The zero-order valence-corrected chi connectivity index (χ0v) is 23.9. The fourth-order valence-corrected chi connectivity index (χ4v) is 5.92. The molecule has 4 aromatic rings. The zero-order chi connectivity index (χ0) is 28.7. The Morgan fingerprint density at radius 2 is 1.70 bits per heavy atom. The predicted molar refractivity (Wildman–Crippen MR) is 153 cm³/mol. The minimum Gasteiger partial charge on any atom is -0.493 e. The van der Waals surface area contributed by atoms with Crippen molar-refractivity contribution in [2.45, 2.75) is 24.8 Å². The van der Waals surface area contributed by atoms with Crippen LogP contribution in [0, 0.1) is 5.92 Å². The van der Waals surface area contributed by atoms with Crippen molar-refractivity contribution in [1.82, 2.24) is 9.97 Å². The Bertz CT molecular complexity index is 1500. The van der Waals surface area contributed by atoms with Gasteiger partial charge in [0.2, 0.25) is 5.75 Å². The molecule has 212 valence electrons.